The fourth-order valence-electron chi connectivity index (χ4n) is 2.96. The summed E-state index contributed by atoms with van der Waals surface area (Å²) < 4.78 is 0. The molecule has 4 nitrogen and oxygen atoms in total. The largest absolute Gasteiger partial charge is 0.506 e. The number of carboxylic acids is 1. The van der Waals surface area contributed by atoms with Crippen LogP contribution in [0.5, 0.6) is 5.75 Å². The SMILES string of the molecule is CCC1(C(=O)O)CCCN(Cc2cc(Cl)cc(Cl)c2O)C1. The Hall–Kier alpha value is -0.970. The van der Waals surface area contributed by atoms with E-state index in [9.17, 15) is 15.0 Å². The van der Waals surface area contributed by atoms with Crippen molar-refractivity contribution in [2.75, 3.05) is 13.1 Å². The monoisotopic (exact) mass is 331 g/mol. The molecular weight excluding hydrogens is 313 g/mol. The van der Waals surface area contributed by atoms with Gasteiger partial charge in [-0.25, -0.2) is 0 Å². The van der Waals surface area contributed by atoms with Crippen LogP contribution >= 0.6 is 23.2 Å². The molecule has 1 atom stereocenters. The van der Waals surface area contributed by atoms with E-state index < -0.39 is 11.4 Å². The second-order valence-corrected chi connectivity index (χ2v) is 6.49. The first-order valence-corrected chi connectivity index (χ1v) is 7.76. The van der Waals surface area contributed by atoms with Crippen molar-refractivity contribution >= 4 is 29.2 Å². The Bertz CT molecular complexity index is 550. The molecular formula is C15H19Cl2NO3. The average Bonchev–Trinajstić information content (AvgIpc) is 2.44. The third-order valence-electron chi connectivity index (χ3n) is 4.29. The Balaban J connectivity index is 2.19. The van der Waals surface area contributed by atoms with Gasteiger partial charge < -0.3 is 10.2 Å². The molecule has 1 aliphatic rings. The van der Waals surface area contributed by atoms with Gasteiger partial charge in [-0.1, -0.05) is 30.1 Å². The third-order valence-corrected chi connectivity index (χ3v) is 4.79. The van der Waals surface area contributed by atoms with Crippen molar-refractivity contribution in [1.29, 1.82) is 0 Å². The van der Waals surface area contributed by atoms with Crippen molar-refractivity contribution in [2.24, 2.45) is 5.41 Å². The molecule has 2 rings (SSSR count). The van der Waals surface area contributed by atoms with Crippen LogP contribution in [0.25, 0.3) is 0 Å². The highest BCUT2D eigenvalue weighted by molar-refractivity contribution is 6.35. The van der Waals surface area contributed by atoms with Crippen LogP contribution in [0.15, 0.2) is 12.1 Å². The molecule has 6 heteroatoms. The number of carbonyl (C=O) groups is 1. The number of benzene rings is 1. The van der Waals surface area contributed by atoms with Crippen molar-refractivity contribution < 1.29 is 15.0 Å². The molecule has 1 aliphatic heterocycles. The Morgan fingerprint density at radius 2 is 2.14 bits per heavy atom. The number of aliphatic carboxylic acids is 1. The normalized spacial score (nSPS) is 23.2. The van der Waals surface area contributed by atoms with Gasteiger partial charge in [-0.2, -0.15) is 0 Å². The minimum absolute atomic E-state index is 0.0177. The molecule has 0 bridgehead atoms. The summed E-state index contributed by atoms with van der Waals surface area (Å²) in [7, 11) is 0. The second kappa shape index (κ2) is 6.42. The molecule has 0 aliphatic carbocycles. The van der Waals surface area contributed by atoms with Crippen LogP contribution in [0.3, 0.4) is 0 Å². The van der Waals surface area contributed by atoms with Gasteiger partial charge >= 0.3 is 5.97 Å². The summed E-state index contributed by atoms with van der Waals surface area (Å²) in [6.07, 6.45) is 2.12. The van der Waals surface area contributed by atoms with E-state index in [0.29, 0.717) is 36.5 Å². The van der Waals surface area contributed by atoms with Crippen molar-refractivity contribution in [3.63, 3.8) is 0 Å². The molecule has 0 aromatic heterocycles. The predicted octanol–water partition coefficient (Wildman–Crippen LogP) is 3.78. The maximum atomic E-state index is 11.6. The van der Waals surface area contributed by atoms with E-state index in [-0.39, 0.29) is 10.8 Å². The highest BCUT2D eigenvalue weighted by atomic mass is 35.5. The van der Waals surface area contributed by atoms with Gasteiger partial charge in [-0.05, 0) is 37.9 Å². The van der Waals surface area contributed by atoms with E-state index in [4.69, 9.17) is 23.2 Å². The fourth-order valence-corrected chi connectivity index (χ4v) is 3.49. The second-order valence-electron chi connectivity index (χ2n) is 5.65. The smallest absolute Gasteiger partial charge is 0.310 e. The first kappa shape index (κ1) is 16.4. The molecule has 1 saturated heterocycles. The van der Waals surface area contributed by atoms with Gasteiger partial charge in [0.05, 0.1) is 10.4 Å². The van der Waals surface area contributed by atoms with Crippen molar-refractivity contribution in [3.05, 3.63) is 27.7 Å². The summed E-state index contributed by atoms with van der Waals surface area (Å²) in [5.74, 6) is -0.730. The van der Waals surface area contributed by atoms with Crippen LogP contribution < -0.4 is 0 Å². The summed E-state index contributed by atoms with van der Waals surface area (Å²) in [6.45, 7) is 3.63. The number of carboxylic acid groups (broad SMARTS) is 1. The van der Waals surface area contributed by atoms with Crippen LogP contribution in [0.1, 0.15) is 31.7 Å². The quantitative estimate of drug-likeness (QED) is 0.881. The van der Waals surface area contributed by atoms with Gasteiger partial charge in [-0.3, -0.25) is 9.69 Å². The molecule has 1 aromatic carbocycles. The minimum atomic E-state index is -0.747. The number of likely N-dealkylation sites (tertiary alicyclic amines) is 1. The standard InChI is InChI=1S/C15H19Cl2NO3/c1-2-15(14(20)21)4-3-5-18(9-15)8-10-6-11(16)7-12(17)13(10)19/h6-7,19H,2-5,8-9H2,1H3,(H,20,21). The van der Waals surface area contributed by atoms with Crippen molar-refractivity contribution in [1.82, 2.24) is 4.90 Å². The number of rotatable bonds is 4. The van der Waals surface area contributed by atoms with Crippen molar-refractivity contribution in [2.45, 2.75) is 32.7 Å². The lowest BCUT2D eigenvalue weighted by Crippen LogP contribution is -2.47. The van der Waals surface area contributed by atoms with Crippen LogP contribution in [0.2, 0.25) is 10.0 Å². The van der Waals surface area contributed by atoms with Crippen LogP contribution in [0.4, 0.5) is 0 Å². The highest BCUT2D eigenvalue weighted by Gasteiger charge is 2.40. The third kappa shape index (κ3) is 3.44. The summed E-state index contributed by atoms with van der Waals surface area (Å²) in [5, 5.41) is 20.2. The molecule has 1 fully saturated rings. The van der Waals surface area contributed by atoms with Gasteiger partial charge in [-0.15, -0.1) is 0 Å². The number of piperidine rings is 1. The molecule has 116 valence electrons. The van der Waals surface area contributed by atoms with E-state index in [2.05, 4.69) is 0 Å². The fraction of sp³-hybridized carbons (Fsp3) is 0.533. The number of halogens is 2. The van der Waals surface area contributed by atoms with Gasteiger partial charge in [0.2, 0.25) is 0 Å². The molecule has 1 heterocycles. The molecule has 2 N–H and O–H groups in total. The molecule has 0 radical (unpaired) electrons. The lowest BCUT2D eigenvalue weighted by Gasteiger charge is -2.39. The Labute approximate surface area is 134 Å². The van der Waals surface area contributed by atoms with Crippen molar-refractivity contribution in [3.8, 4) is 5.75 Å². The van der Waals surface area contributed by atoms with E-state index in [1.54, 1.807) is 6.07 Å². The summed E-state index contributed by atoms with van der Waals surface area (Å²) >= 11 is 11.9. The molecule has 0 amide bonds. The lowest BCUT2D eigenvalue weighted by atomic mass is 9.77. The molecule has 1 aromatic rings. The average molecular weight is 332 g/mol. The number of phenols is 1. The van der Waals surface area contributed by atoms with Crippen LogP contribution in [0, 0.1) is 5.41 Å². The first-order valence-electron chi connectivity index (χ1n) is 7.00. The number of nitrogens with zero attached hydrogens (tertiary/aromatic N) is 1. The number of hydrogen-bond acceptors (Lipinski definition) is 3. The van der Waals surface area contributed by atoms with Gasteiger partial charge in [0.25, 0.3) is 0 Å². The number of aromatic hydroxyl groups is 1. The number of phenolic OH excluding ortho intramolecular Hbond substituents is 1. The minimum Gasteiger partial charge on any atom is -0.506 e. The Morgan fingerprint density at radius 1 is 1.43 bits per heavy atom. The van der Waals surface area contributed by atoms with E-state index >= 15 is 0 Å². The molecule has 1 unspecified atom stereocenters. The summed E-state index contributed by atoms with van der Waals surface area (Å²) in [5.41, 5.74) is -0.0687. The Kier molecular flexibility index (Phi) is 5.02. The summed E-state index contributed by atoms with van der Waals surface area (Å²) in [4.78, 5) is 13.6. The Morgan fingerprint density at radius 3 is 2.76 bits per heavy atom. The zero-order valence-corrected chi connectivity index (χ0v) is 13.4. The first-order chi connectivity index (χ1) is 9.88. The van der Waals surface area contributed by atoms with E-state index in [1.807, 2.05) is 11.8 Å². The number of hydrogen-bond donors (Lipinski definition) is 2. The highest BCUT2D eigenvalue weighted by Crippen LogP contribution is 2.36. The van der Waals surface area contributed by atoms with E-state index in [0.717, 1.165) is 13.0 Å². The summed E-state index contributed by atoms with van der Waals surface area (Å²) in [6, 6.07) is 3.16. The predicted molar refractivity (Wildman–Crippen MR) is 83.0 cm³/mol. The zero-order chi connectivity index (χ0) is 15.6. The van der Waals surface area contributed by atoms with Crippen LogP contribution in [-0.4, -0.2) is 34.2 Å². The van der Waals surface area contributed by atoms with Gasteiger partial charge in [0.1, 0.15) is 5.75 Å². The zero-order valence-electron chi connectivity index (χ0n) is 11.9. The lowest BCUT2D eigenvalue weighted by molar-refractivity contribution is -0.153. The molecule has 0 saturated carbocycles. The molecule has 0 spiro atoms. The maximum absolute atomic E-state index is 11.6. The van der Waals surface area contributed by atoms with E-state index in [1.165, 1.54) is 6.07 Å². The maximum Gasteiger partial charge on any atom is 0.310 e. The topological polar surface area (TPSA) is 60.8 Å². The van der Waals surface area contributed by atoms with Gasteiger partial charge in [0, 0.05) is 23.7 Å². The van der Waals surface area contributed by atoms with Crippen LogP contribution in [-0.2, 0) is 11.3 Å². The molecule has 21 heavy (non-hydrogen) atoms. The van der Waals surface area contributed by atoms with Gasteiger partial charge in [0.15, 0.2) is 0 Å².